The lowest BCUT2D eigenvalue weighted by Crippen LogP contribution is -2.41. The van der Waals surface area contributed by atoms with Crippen LogP contribution < -0.4 is 10.2 Å². The molecule has 1 N–H and O–H groups in total. The number of carbonyl (C=O) groups is 3. The van der Waals surface area contributed by atoms with Crippen molar-refractivity contribution in [3.05, 3.63) is 30.3 Å². The van der Waals surface area contributed by atoms with Gasteiger partial charge in [0, 0.05) is 25.8 Å². The van der Waals surface area contributed by atoms with Gasteiger partial charge in [0.1, 0.15) is 6.54 Å². The molecule has 0 aromatic heterocycles. The highest BCUT2D eigenvalue weighted by Crippen LogP contribution is 2.37. The molecule has 0 bridgehead atoms. The molecule has 1 aromatic carbocycles. The third kappa shape index (κ3) is 4.06. The first-order chi connectivity index (χ1) is 12.6. The normalized spacial score (nSPS) is 22.3. The largest absolute Gasteiger partial charge is 0.375 e. The summed E-state index contributed by atoms with van der Waals surface area (Å²) < 4.78 is 0. The van der Waals surface area contributed by atoms with Gasteiger partial charge >= 0.3 is 0 Å². The lowest BCUT2D eigenvalue weighted by molar-refractivity contribution is -0.143. The van der Waals surface area contributed by atoms with Crippen LogP contribution in [0.3, 0.4) is 0 Å². The van der Waals surface area contributed by atoms with Gasteiger partial charge < -0.3 is 10.2 Å². The van der Waals surface area contributed by atoms with Crippen molar-refractivity contribution in [3.8, 4) is 0 Å². The Morgan fingerprint density at radius 2 is 1.73 bits per heavy atom. The number of hydrogen-bond donors (Lipinski definition) is 1. The van der Waals surface area contributed by atoms with E-state index in [1.54, 1.807) is 0 Å². The molecule has 1 saturated heterocycles. The minimum Gasteiger partial charge on any atom is -0.375 e. The Balaban J connectivity index is 1.40. The Labute approximate surface area is 154 Å². The predicted molar refractivity (Wildman–Crippen MR) is 99.5 cm³/mol. The molecule has 2 fully saturated rings. The van der Waals surface area contributed by atoms with E-state index in [2.05, 4.69) is 10.2 Å². The molecule has 26 heavy (non-hydrogen) atoms. The maximum Gasteiger partial charge on any atom is 0.240 e. The van der Waals surface area contributed by atoms with Gasteiger partial charge in [-0.1, -0.05) is 31.0 Å². The number of amides is 3. The van der Waals surface area contributed by atoms with Gasteiger partial charge in [0.15, 0.2) is 0 Å². The average Bonchev–Trinajstić information content (AvgIpc) is 2.91. The zero-order chi connectivity index (χ0) is 18.5. The predicted octanol–water partition coefficient (Wildman–Crippen LogP) is 1.80. The summed E-state index contributed by atoms with van der Waals surface area (Å²) in [6.07, 6.45) is 4.34. The SMILES string of the molecule is CN(CCCNC(=O)CN1C(=O)C2CCCCC2C1=O)c1ccccc1. The Hall–Kier alpha value is -2.37. The fraction of sp³-hybridized carbons (Fsp3) is 0.550. The van der Waals surface area contributed by atoms with Crippen LogP contribution in [-0.2, 0) is 14.4 Å². The number of imide groups is 1. The van der Waals surface area contributed by atoms with Gasteiger partial charge in [-0.2, -0.15) is 0 Å². The van der Waals surface area contributed by atoms with Crippen molar-refractivity contribution in [3.63, 3.8) is 0 Å². The summed E-state index contributed by atoms with van der Waals surface area (Å²) in [5.41, 5.74) is 1.13. The second kappa shape index (κ2) is 8.34. The van der Waals surface area contributed by atoms with E-state index in [1.165, 1.54) is 4.90 Å². The minimum absolute atomic E-state index is 0.140. The van der Waals surface area contributed by atoms with E-state index in [0.29, 0.717) is 6.54 Å². The van der Waals surface area contributed by atoms with Crippen molar-refractivity contribution in [2.75, 3.05) is 31.6 Å². The molecule has 2 atom stereocenters. The van der Waals surface area contributed by atoms with Gasteiger partial charge in [-0.05, 0) is 31.4 Å². The third-order valence-electron chi connectivity index (χ3n) is 5.42. The fourth-order valence-electron chi connectivity index (χ4n) is 3.94. The van der Waals surface area contributed by atoms with Crippen molar-refractivity contribution in [2.45, 2.75) is 32.1 Å². The van der Waals surface area contributed by atoms with E-state index in [9.17, 15) is 14.4 Å². The van der Waals surface area contributed by atoms with Crippen molar-refractivity contribution in [1.82, 2.24) is 10.2 Å². The van der Waals surface area contributed by atoms with Crippen LogP contribution in [0.1, 0.15) is 32.1 Å². The van der Waals surface area contributed by atoms with E-state index >= 15 is 0 Å². The van der Waals surface area contributed by atoms with Crippen LogP contribution in [0.4, 0.5) is 5.69 Å². The zero-order valence-electron chi connectivity index (χ0n) is 15.3. The highest BCUT2D eigenvalue weighted by atomic mass is 16.2. The molecule has 2 unspecified atom stereocenters. The number of likely N-dealkylation sites (tertiary alicyclic amines) is 1. The monoisotopic (exact) mass is 357 g/mol. The molecule has 1 aliphatic carbocycles. The second-order valence-corrected chi connectivity index (χ2v) is 7.22. The summed E-state index contributed by atoms with van der Waals surface area (Å²) in [5.74, 6) is -0.947. The van der Waals surface area contributed by atoms with Crippen LogP contribution in [0.25, 0.3) is 0 Å². The average molecular weight is 357 g/mol. The number of carbonyl (C=O) groups excluding carboxylic acids is 3. The Morgan fingerprint density at radius 1 is 1.12 bits per heavy atom. The highest BCUT2D eigenvalue weighted by molar-refractivity contribution is 6.07. The molecular weight excluding hydrogens is 330 g/mol. The van der Waals surface area contributed by atoms with Gasteiger partial charge in [-0.15, -0.1) is 0 Å². The molecule has 6 nitrogen and oxygen atoms in total. The first-order valence-corrected chi connectivity index (χ1v) is 9.46. The standard InChI is InChI=1S/C20H27N3O3/c1-22(15-8-3-2-4-9-15)13-7-12-21-18(24)14-23-19(25)16-10-5-6-11-17(16)20(23)26/h2-4,8-9,16-17H,5-7,10-14H2,1H3,(H,21,24). The highest BCUT2D eigenvalue weighted by Gasteiger charge is 2.48. The molecule has 1 heterocycles. The van der Waals surface area contributed by atoms with Crippen LogP contribution in [0.15, 0.2) is 30.3 Å². The topological polar surface area (TPSA) is 69.7 Å². The summed E-state index contributed by atoms with van der Waals surface area (Å²) in [5, 5.41) is 2.83. The van der Waals surface area contributed by atoms with Gasteiger partial charge in [0.25, 0.3) is 0 Å². The number of rotatable bonds is 7. The van der Waals surface area contributed by atoms with Gasteiger partial charge in [-0.25, -0.2) is 0 Å². The summed E-state index contributed by atoms with van der Waals surface area (Å²) in [6, 6.07) is 10.1. The van der Waals surface area contributed by atoms with Crippen LogP contribution >= 0.6 is 0 Å². The molecule has 1 aliphatic heterocycles. The number of fused-ring (bicyclic) bond motifs is 1. The van der Waals surface area contributed by atoms with E-state index < -0.39 is 0 Å². The van der Waals surface area contributed by atoms with Crippen LogP contribution in [0.5, 0.6) is 0 Å². The number of para-hydroxylation sites is 1. The van der Waals surface area contributed by atoms with Crippen LogP contribution in [-0.4, -0.2) is 49.3 Å². The lowest BCUT2D eigenvalue weighted by Gasteiger charge is -2.19. The van der Waals surface area contributed by atoms with E-state index in [1.807, 2.05) is 37.4 Å². The van der Waals surface area contributed by atoms with Gasteiger partial charge in [0.05, 0.1) is 11.8 Å². The number of nitrogens with zero attached hydrogens (tertiary/aromatic N) is 2. The number of hydrogen-bond acceptors (Lipinski definition) is 4. The van der Waals surface area contributed by atoms with Crippen molar-refractivity contribution in [2.24, 2.45) is 11.8 Å². The summed E-state index contributed by atoms with van der Waals surface area (Å²) >= 11 is 0. The van der Waals surface area contributed by atoms with E-state index in [0.717, 1.165) is 44.3 Å². The molecule has 1 saturated carbocycles. The van der Waals surface area contributed by atoms with Crippen molar-refractivity contribution < 1.29 is 14.4 Å². The second-order valence-electron chi connectivity index (χ2n) is 7.22. The molecule has 1 aromatic rings. The van der Waals surface area contributed by atoms with Gasteiger partial charge in [0.2, 0.25) is 17.7 Å². The summed E-state index contributed by atoms with van der Waals surface area (Å²) in [7, 11) is 2.01. The fourth-order valence-corrected chi connectivity index (χ4v) is 3.94. The first kappa shape index (κ1) is 18.4. The minimum atomic E-state index is -0.257. The van der Waals surface area contributed by atoms with E-state index in [-0.39, 0.29) is 36.1 Å². The zero-order valence-corrected chi connectivity index (χ0v) is 15.3. The third-order valence-corrected chi connectivity index (χ3v) is 5.42. The quantitative estimate of drug-likeness (QED) is 0.597. The Bertz CT molecular complexity index is 638. The molecule has 0 radical (unpaired) electrons. The first-order valence-electron chi connectivity index (χ1n) is 9.46. The molecule has 0 spiro atoms. The maximum absolute atomic E-state index is 12.4. The molecular formula is C20H27N3O3. The molecule has 3 rings (SSSR count). The molecule has 3 amide bonds. The Kier molecular flexibility index (Phi) is 5.91. The summed E-state index contributed by atoms with van der Waals surface area (Å²) in [4.78, 5) is 40.2. The van der Waals surface area contributed by atoms with Crippen molar-refractivity contribution in [1.29, 1.82) is 0 Å². The Morgan fingerprint density at radius 3 is 2.35 bits per heavy atom. The van der Waals surface area contributed by atoms with Crippen molar-refractivity contribution >= 4 is 23.4 Å². The molecule has 6 heteroatoms. The number of nitrogens with one attached hydrogen (secondary N) is 1. The van der Waals surface area contributed by atoms with E-state index in [4.69, 9.17) is 0 Å². The van der Waals surface area contributed by atoms with Crippen LogP contribution in [0.2, 0.25) is 0 Å². The van der Waals surface area contributed by atoms with Crippen LogP contribution in [0, 0.1) is 11.8 Å². The smallest absolute Gasteiger partial charge is 0.240 e. The molecule has 2 aliphatic rings. The number of anilines is 1. The lowest BCUT2D eigenvalue weighted by atomic mass is 9.81. The number of benzene rings is 1. The van der Waals surface area contributed by atoms with Gasteiger partial charge in [-0.3, -0.25) is 19.3 Å². The maximum atomic E-state index is 12.4. The molecule has 140 valence electrons. The summed E-state index contributed by atoms with van der Waals surface area (Å²) in [6.45, 7) is 1.20.